The van der Waals surface area contributed by atoms with Crippen LogP contribution >= 0.6 is 0 Å². The van der Waals surface area contributed by atoms with E-state index in [1.54, 1.807) is 13.3 Å². The summed E-state index contributed by atoms with van der Waals surface area (Å²) in [4.78, 5) is 12.1. The molecule has 0 bridgehead atoms. The van der Waals surface area contributed by atoms with E-state index in [9.17, 15) is 4.79 Å². The van der Waals surface area contributed by atoms with Gasteiger partial charge >= 0.3 is 0 Å². The second kappa shape index (κ2) is 8.36. The molecule has 0 unspecified atom stereocenters. The number of nitrogens with zero attached hydrogens (tertiary/aromatic N) is 1. The number of ether oxygens (including phenoxy) is 1. The van der Waals surface area contributed by atoms with Gasteiger partial charge in [0, 0.05) is 11.3 Å². The Balaban J connectivity index is 1.66. The first-order valence-corrected chi connectivity index (χ1v) is 8.77. The Morgan fingerprint density at radius 3 is 2.70 bits per heavy atom. The maximum absolute atomic E-state index is 12.1. The van der Waals surface area contributed by atoms with Crippen molar-refractivity contribution in [1.29, 1.82) is 0 Å². The van der Waals surface area contributed by atoms with E-state index in [-0.39, 0.29) is 12.5 Å². The lowest BCUT2D eigenvalue weighted by atomic mass is 10.0. The third-order valence-corrected chi connectivity index (χ3v) is 4.35. The largest absolute Gasteiger partial charge is 0.496 e. The monoisotopic (exact) mass is 361 g/mol. The zero-order chi connectivity index (χ0) is 19.2. The van der Waals surface area contributed by atoms with Crippen molar-refractivity contribution in [2.75, 3.05) is 19.0 Å². The van der Waals surface area contributed by atoms with Crippen LogP contribution in [0.15, 0.2) is 59.7 Å². The van der Waals surface area contributed by atoms with Gasteiger partial charge in [0.1, 0.15) is 5.75 Å². The molecule has 0 heterocycles. The minimum atomic E-state index is -0.217. The van der Waals surface area contributed by atoms with E-state index >= 15 is 0 Å². The molecule has 0 atom stereocenters. The van der Waals surface area contributed by atoms with E-state index in [1.807, 2.05) is 62.4 Å². The molecule has 3 rings (SSSR count). The zero-order valence-electron chi connectivity index (χ0n) is 15.7. The molecule has 1 amide bonds. The van der Waals surface area contributed by atoms with Gasteiger partial charge in [-0.05, 0) is 42.3 Å². The van der Waals surface area contributed by atoms with E-state index in [4.69, 9.17) is 4.74 Å². The van der Waals surface area contributed by atoms with Crippen molar-refractivity contribution in [3.8, 4) is 5.75 Å². The maximum Gasteiger partial charge on any atom is 0.259 e. The first kappa shape index (κ1) is 18.5. The van der Waals surface area contributed by atoms with Crippen LogP contribution in [0.3, 0.4) is 0 Å². The minimum Gasteiger partial charge on any atom is -0.496 e. The van der Waals surface area contributed by atoms with E-state index in [0.29, 0.717) is 5.75 Å². The predicted molar refractivity (Wildman–Crippen MR) is 111 cm³/mol. The molecule has 2 N–H and O–H groups in total. The van der Waals surface area contributed by atoms with Gasteiger partial charge in [-0.25, -0.2) is 5.43 Å². The highest BCUT2D eigenvalue weighted by molar-refractivity contribution is 6.02. The van der Waals surface area contributed by atoms with Crippen LogP contribution in [0.5, 0.6) is 5.75 Å². The van der Waals surface area contributed by atoms with Gasteiger partial charge in [-0.3, -0.25) is 4.79 Å². The van der Waals surface area contributed by atoms with E-state index in [2.05, 4.69) is 21.9 Å². The van der Waals surface area contributed by atoms with E-state index < -0.39 is 0 Å². The molecule has 0 saturated heterocycles. The Hall–Kier alpha value is -3.34. The SMILES string of the molecule is COc1ccc2ccccc2c1/C=N/NC(=O)CNc1ccc(C)cc1C. The number of carbonyl (C=O) groups excluding carboxylic acids is 1. The molecule has 5 heteroatoms. The van der Waals surface area contributed by atoms with Gasteiger partial charge in [-0.1, -0.05) is 48.0 Å². The number of rotatable bonds is 6. The number of nitrogens with one attached hydrogen (secondary N) is 2. The van der Waals surface area contributed by atoms with Gasteiger partial charge in [-0.15, -0.1) is 0 Å². The lowest BCUT2D eigenvalue weighted by molar-refractivity contribution is -0.119. The molecule has 5 nitrogen and oxygen atoms in total. The molecule has 0 saturated carbocycles. The zero-order valence-corrected chi connectivity index (χ0v) is 15.7. The molecule has 0 fully saturated rings. The highest BCUT2D eigenvalue weighted by atomic mass is 16.5. The van der Waals surface area contributed by atoms with Crippen LogP contribution in [0.25, 0.3) is 10.8 Å². The minimum absolute atomic E-state index is 0.147. The Morgan fingerprint density at radius 2 is 1.93 bits per heavy atom. The first-order valence-electron chi connectivity index (χ1n) is 8.77. The van der Waals surface area contributed by atoms with Gasteiger partial charge in [-0.2, -0.15) is 5.10 Å². The van der Waals surface area contributed by atoms with E-state index in [1.165, 1.54) is 5.56 Å². The fraction of sp³-hybridized carbons (Fsp3) is 0.182. The average molecular weight is 361 g/mol. The summed E-state index contributed by atoms with van der Waals surface area (Å²) in [6, 6.07) is 17.9. The molecule has 138 valence electrons. The summed E-state index contributed by atoms with van der Waals surface area (Å²) < 4.78 is 5.42. The standard InChI is InChI=1S/C22H23N3O2/c1-15-8-10-20(16(2)12-15)23-14-22(26)25-24-13-19-18-7-5-4-6-17(18)9-11-21(19)27-3/h4-13,23H,14H2,1-3H3,(H,25,26)/b24-13+. The van der Waals surface area contributed by atoms with Crippen LogP contribution in [0, 0.1) is 13.8 Å². The van der Waals surface area contributed by atoms with Crippen LogP contribution in [-0.4, -0.2) is 25.8 Å². The van der Waals surface area contributed by atoms with Gasteiger partial charge in [0.25, 0.3) is 5.91 Å². The first-order chi connectivity index (χ1) is 13.1. The molecule has 3 aromatic rings. The van der Waals surface area contributed by atoms with Crippen molar-refractivity contribution >= 4 is 28.6 Å². The van der Waals surface area contributed by atoms with Crippen molar-refractivity contribution in [3.63, 3.8) is 0 Å². The number of fused-ring (bicyclic) bond motifs is 1. The Morgan fingerprint density at radius 1 is 1.11 bits per heavy atom. The number of hydrogen-bond acceptors (Lipinski definition) is 4. The van der Waals surface area contributed by atoms with Gasteiger partial charge in [0.15, 0.2) is 0 Å². The number of methoxy groups -OCH3 is 1. The number of amides is 1. The summed E-state index contributed by atoms with van der Waals surface area (Å²) in [5, 5.41) is 9.34. The van der Waals surface area contributed by atoms with Crippen molar-refractivity contribution in [2.24, 2.45) is 5.10 Å². The lowest BCUT2D eigenvalue weighted by Crippen LogP contribution is -2.26. The third kappa shape index (κ3) is 4.44. The topological polar surface area (TPSA) is 62.7 Å². The summed E-state index contributed by atoms with van der Waals surface area (Å²) in [7, 11) is 1.62. The number of aryl methyl sites for hydroxylation is 2. The summed E-state index contributed by atoms with van der Waals surface area (Å²) in [5.41, 5.74) is 6.63. The molecule has 3 aromatic carbocycles. The summed E-state index contributed by atoms with van der Waals surface area (Å²) in [5.74, 6) is 0.491. The van der Waals surface area contributed by atoms with Crippen LogP contribution in [-0.2, 0) is 4.79 Å². The fourth-order valence-corrected chi connectivity index (χ4v) is 2.98. The molecule has 0 spiro atoms. The maximum atomic E-state index is 12.1. The number of benzene rings is 3. The molecular weight excluding hydrogens is 338 g/mol. The quantitative estimate of drug-likeness (QED) is 0.515. The second-order valence-corrected chi connectivity index (χ2v) is 6.37. The molecular formula is C22H23N3O2. The number of anilines is 1. The Labute approximate surface area is 159 Å². The average Bonchev–Trinajstić information content (AvgIpc) is 2.67. The predicted octanol–water partition coefficient (Wildman–Crippen LogP) is 4.03. The fourth-order valence-electron chi connectivity index (χ4n) is 2.98. The van der Waals surface area contributed by atoms with Crippen LogP contribution < -0.4 is 15.5 Å². The molecule has 0 aromatic heterocycles. The molecule has 27 heavy (non-hydrogen) atoms. The smallest absolute Gasteiger partial charge is 0.259 e. The van der Waals surface area contributed by atoms with Gasteiger partial charge < -0.3 is 10.1 Å². The normalized spacial score (nSPS) is 10.9. The van der Waals surface area contributed by atoms with E-state index in [0.717, 1.165) is 27.6 Å². The molecule has 0 aliphatic carbocycles. The highest BCUT2D eigenvalue weighted by Crippen LogP contribution is 2.26. The number of carbonyl (C=O) groups is 1. The lowest BCUT2D eigenvalue weighted by Gasteiger charge is -2.10. The Kier molecular flexibility index (Phi) is 5.71. The molecule has 0 radical (unpaired) electrons. The van der Waals surface area contributed by atoms with Crippen molar-refractivity contribution in [2.45, 2.75) is 13.8 Å². The molecule has 0 aliphatic heterocycles. The molecule has 0 aliphatic rings. The van der Waals surface area contributed by atoms with Crippen molar-refractivity contribution < 1.29 is 9.53 Å². The van der Waals surface area contributed by atoms with Crippen molar-refractivity contribution in [3.05, 3.63) is 71.3 Å². The number of hydrogen-bond donors (Lipinski definition) is 2. The Bertz CT molecular complexity index is 996. The van der Waals surface area contributed by atoms with Gasteiger partial charge in [0.2, 0.25) is 0 Å². The highest BCUT2D eigenvalue weighted by Gasteiger charge is 2.06. The second-order valence-electron chi connectivity index (χ2n) is 6.37. The summed E-state index contributed by atoms with van der Waals surface area (Å²) in [6.45, 7) is 4.20. The van der Waals surface area contributed by atoms with Crippen molar-refractivity contribution in [1.82, 2.24) is 5.43 Å². The summed E-state index contributed by atoms with van der Waals surface area (Å²) in [6.07, 6.45) is 1.62. The summed E-state index contributed by atoms with van der Waals surface area (Å²) >= 11 is 0. The van der Waals surface area contributed by atoms with Gasteiger partial charge in [0.05, 0.1) is 19.9 Å². The number of hydrazone groups is 1. The van der Waals surface area contributed by atoms with Crippen LogP contribution in [0.1, 0.15) is 16.7 Å². The third-order valence-electron chi connectivity index (χ3n) is 4.35. The van der Waals surface area contributed by atoms with Crippen LogP contribution in [0.2, 0.25) is 0 Å². The van der Waals surface area contributed by atoms with Crippen LogP contribution in [0.4, 0.5) is 5.69 Å².